The van der Waals surface area contributed by atoms with Gasteiger partial charge < -0.3 is 15.0 Å². The lowest BCUT2D eigenvalue weighted by atomic mass is 9.92. The first-order chi connectivity index (χ1) is 13.5. The number of benzene rings is 2. The van der Waals surface area contributed by atoms with Crippen molar-refractivity contribution in [2.24, 2.45) is 0 Å². The van der Waals surface area contributed by atoms with Crippen molar-refractivity contribution in [2.45, 2.75) is 31.3 Å². The highest BCUT2D eigenvalue weighted by atomic mass is 35.5. The van der Waals surface area contributed by atoms with Crippen LogP contribution in [-0.4, -0.2) is 41.9 Å². The highest BCUT2D eigenvalue weighted by molar-refractivity contribution is 6.30. The van der Waals surface area contributed by atoms with Crippen LogP contribution in [0, 0.1) is 0 Å². The lowest BCUT2D eigenvalue weighted by Crippen LogP contribution is -2.57. The van der Waals surface area contributed by atoms with Gasteiger partial charge in [-0.15, -0.1) is 0 Å². The normalized spacial score (nSPS) is 21.5. The van der Waals surface area contributed by atoms with E-state index in [2.05, 4.69) is 5.32 Å². The molecule has 1 saturated heterocycles. The summed E-state index contributed by atoms with van der Waals surface area (Å²) in [7, 11) is 0. The molecule has 2 heterocycles. The maximum absolute atomic E-state index is 12.8. The van der Waals surface area contributed by atoms with Crippen LogP contribution < -0.4 is 10.1 Å². The number of hydrogen-bond acceptors (Lipinski definition) is 3. The molecule has 1 spiro atoms. The third-order valence-electron chi connectivity index (χ3n) is 5.46. The largest absolute Gasteiger partial charge is 0.483 e. The summed E-state index contributed by atoms with van der Waals surface area (Å²) in [5.74, 6) is 0.577. The van der Waals surface area contributed by atoms with E-state index in [1.165, 1.54) is 0 Å². The predicted molar refractivity (Wildman–Crippen MR) is 108 cm³/mol. The molecule has 2 aliphatic heterocycles. The van der Waals surface area contributed by atoms with E-state index in [1.54, 1.807) is 6.07 Å². The van der Waals surface area contributed by atoms with Crippen molar-refractivity contribution in [3.63, 3.8) is 0 Å². The van der Waals surface area contributed by atoms with Gasteiger partial charge in [-0.3, -0.25) is 9.59 Å². The topological polar surface area (TPSA) is 58.6 Å². The van der Waals surface area contributed by atoms with Gasteiger partial charge >= 0.3 is 0 Å². The number of aryl methyl sites for hydroxylation is 1. The Balaban J connectivity index is 1.44. The number of carbonyl (C=O) groups excluding carboxylic acids is 2. The second-order valence-electron chi connectivity index (χ2n) is 7.51. The zero-order valence-electron chi connectivity index (χ0n) is 15.6. The Morgan fingerprint density at radius 1 is 1.18 bits per heavy atom. The van der Waals surface area contributed by atoms with Crippen LogP contribution in [0.25, 0.3) is 0 Å². The van der Waals surface area contributed by atoms with Crippen LogP contribution >= 0.6 is 11.6 Å². The molecule has 4 rings (SSSR count). The zero-order chi connectivity index (χ0) is 19.6. The van der Waals surface area contributed by atoms with Crippen molar-refractivity contribution in [3.05, 3.63) is 64.7 Å². The van der Waals surface area contributed by atoms with Gasteiger partial charge in [0.15, 0.2) is 0 Å². The van der Waals surface area contributed by atoms with Gasteiger partial charge in [0.2, 0.25) is 5.91 Å². The minimum Gasteiger partial charge on any atom is -0.483 e. The van der Waals surface area contributed by atoms with Gasteiger partial charge in [-0.25, -0.2) is 0 Å². The molecule has 1 unspecified atom stereocenters. The molecule has 28 heavy (non-hydrogen) atoms. The summed E-state index contributed by atoms with van der Waals surface area (Å²) in [6.45, 7) is 1.61. The summed E-state index contributed by atoms with van der Waals surface area (Å²) in [5.41, 5.74) is 1.07. The van der Waals surface area contributed by atoms with Crippen LogP contribution in [0.3, 0.4) is 0 Å². The van der Waals surface area contributed by atoms with Crippen LogP contribution in [0.4, 0.5) is 0 Å². The van der Waals surface area contributed by atoms with Gasteiger partial charge in [0.25, 0.3) is 5.91 Å². The second kappa shape index (κ2) is 7.84. The zero-order valence-corrected chi connectivity index (χ0v) is 16.4. The number of nitrogens with zero attached hydrogens (tertiary/aromatic N) is 1. The Morgan fingerprint density at radius 3 is 2.79 bits per heavy atom. The Morgan fingerprint density at radius 2 is 1.96 bits per heavy atom. The maximum Gasteiger partial charge on any atom is 0.255 e. The number of halogens is 1. The lowest BCUT2D eigenvalue weighted by molar-refractivity contribution is -0.136. The average Bonchev–Trinajstić information content (AvgIpc) is 2.84. The summed E-state index contributed by atoms with van der Waals surface area (Å²) in [6, 6.07) is 14.9. The van der Waals surface area contributed by atoms with E-state index in [0.29, 0.717) is 42.3 Å². The fraction of sp³-hybridized carbons (Fsp3) is 0.364. The van der Waals surface area contributed by atoms with E-state index in [0.717, 1.165) is 24.9 Å². The number of piperidine rings is 1. The molecule has 1 fully saturated rings. The molecule has 0 aliphatic carbocycles. The smallest absolute Gasteiger partial charge is 0.255 e. The fourth-order valence-electron chi connectivity index (χ4n) is 3.95. The highest BCUT2D eigenvalue weighted by Gasteiger charge is 2.41. The van der Waals surface area contributed by atoms with Gasteiger partial charge in [-0.2, -0.15) is 0 Å². The molecule has 0 radical (unpaired) electrons. The first-order valence-electron chi connectivity index (χ1n) is 9.63. The molecule has 0 aromatic heterocycles. The number of carbonyl (C=O) groups is 2. The molecule has 146 valence electrons. The van der Waals surface area contributed by atoms with Gasteiger partial charge in [0.05, 0.1) is 18.7 Å². The van der Waals surface area contributed by atoms with Crippen molar-refractivity contribution in [1.29, 1.82) is 0 Å². The molecular weight excluding hydrogens is 376 g/mol. The van der Waals surface area contributed by atoms with E-state index in [9.17, 15) is 9.59 Å². The number of nitrogens with one attached hydrogen (secondary N) is 1. The Hall–Kier alpha value is -2.53. The number of rotatable bonds is 3. The first kappa shape index (κ1) is 18.8. The number of hydrogen-bond donors (Lipinski definition) is 1. The van der Waals surface area contributed by atoms with E-state index >= 15 is 0 Å². The number of likely N-dealkylation sites (tertiary alicyclic amines) is 1. The predicted octanol–water partition coefficient (Wildman–Crippen LogP) is 3.46. The molecule has 0 bridgehead atoms. The Bertz CT molecular complexity index is 884. The van der Waals surface area contributed by atoms with Crippen LogP contribution in [0.1, 0.15) is 35.2 Å². The molecule has 6 heteroatoms. The van der Waals surface area contributed by atoms with E-state index in [-0.39, 0.29) is 11.8 Å². The summed E-state index contributed by atoms with van der Waals surface area (Å²) in [4.78, 5) is 27.0. The minimum absolute atomic E-state index is 0.112. The third-order valence-corrected chi connectivity index (χ3v) is 5.71. The molecule has 5 nitrogen and oxygen atoms in total. The monoisotopic (exact) mass is 398 g/mol. The quantitative estimate of drug-likeness (QED) is 0.861. The lowest BCUT2D eigenvalue weighted by Gasteiger charge is -2.42. The Kier molecular flexibility index (Phi) is 5.27. The standard InChI is InChI=1S/C22H23ClN2O3/c23-17-9-6-16(7-10-17)8-11-20(26)25-13-3-12-22(15-25)14-24-21(27)18-4-1-2-5-19(18)28-22/h1-2,4-7,9-10H,3,8,11-15H2,(H,24,27). The average molecular weight is 399 g/mol. The van der Waals surface area contributed by atoms with Crippen molar-refractivity contribution >= 4 is 23.4 Å². The summed E-state index contributed by atoms with van der Waals surface area (Å²) in [5, 5.41) is 3.66. The highest BCUT2D eigenvalue weighted by Crippen LogP contribution is 2.32. The molecular formula is C22H23ClN2O3. The van der Waals surface area contributed by atoms with Gasteiger partial charge in [-0.1, -0.05) is 35.9 Å². The van der Waals surface area contributed by atoms with E-state index < -0.39 is 5.60 Å². The number of amides is 2. The van der Waals surface area contributed by atoms with E-state index in [1.807, 2.05) is 47.4 Å². The van der Waals surface area contributed by atoms with Gasteiger partial charge in [0.1, 0.15) is 11.4 Å². The maximum atomic E-state index is 12.8. The van der Waals surface area contributed by atoms with Gasteiger partial charge in [-0.05, 0) is 49.1 Å². The second-order valence-corrected chi connectivity index (χ2v) is 7.95. The van der Waals surface area contributed by atoms with Crippen LogP contribution in [-0.2, 0) is 11.2 Å². The SMILES string of the molecule is O=C1NCC2(CCCN(C(=O)CCc3ccc(Cl)cc3)C2)Oc2ccccc21. The molecule has 1 N–H and O–H groups in total. The molecule has 2 aromatic rings. The van der Waals surface area contributed by atoms with Crippen molar-refractivity contribution in [1.82, 2.24) is 10.2 Å². The van der Waals surface area contributed by atoms with Crippen molar-refractivity contribution in [2.75, 3.05) is 19.6 Å². The summed E-state index contributed by atoms with van der Waals surface area (Å²) in [6.07, 6.45) is 2.79. The fourth-order valence-corrected chi connectivity index (χ4v) is 4.07. The summed E-state index contributed by atoms with van der Waals surface area (Å²) < 4.78 is 6.32. The van der Waals surface area contributed by atoms with Crippen LogP contribution in [0.5, 0.6) is 5.75 Å². The molecule has 1 atom stereocenters. The first-order valence-corrected chi connectivity index (χ1v) is 10.0. The minimum atomic E-state index is -0.573. The van der Waals surface area contributed by atoms with Crippen molar-refractivity contribution < 1.29 is 14.3 Å². The molecule has 2 aromatic carbocycles. The van der Waals surface area contributed by atoms with Crippen LogP contribution in [0.2, 0.25) is 5.02 Å². The van der Waals surface area contributed by atoms with Crippen molar-refractivity contribution in [3.8, 4) is 5.75 Å². The van der Waals surface area contributed by atoms with E-state index in [4.69, 9.17) is 16.3 Å². The number of para-hydroxylation sites is 1. The third kappa shape index (κ3) is 3.99. The number of ether oxygens (including phenoxy) is 1. The Labute approximate surface area is 169 Å². The van der Waals surface area contributed by atoms with Gasteiger partial charge in [0, 0.05) is 18.0 Å². The molecule has 2 amide bonds. The van der Waals surface area contributed by atoms with Crippen LogP contribution in [0.15, 0.2) is 48.5 Å². The molecule has 2 aliphatic rings. The summed E-state index contributed by atoms with van der Waals surface area (Å²) >= 11 is 5.92. The number of fused-ring (bicyclic) bond motifs is 1. The molecule has 0 saturated carbocycles.